The van der Waals surface area contributed by atoms with Crippen LogP contribution in [-0.2, 0) is 24.1 Å². The predicted molar refractivity (Wildman–Crippen MR) is 142 cm³/mol. The van der Waals surface area contributed by atoms with E-state index < -0.39 is 6.09 Å². The summed E-state index contributed by atoms with van der Waals surface area (Å²) in [4.78, 5) is 24.7. The number of Topliss-reactive ketones (excluding diaryl/α,β-unsaturated/α-hetero) is 1. The maximum Gasteiger partial charge on any atom is 0.407 e. The van der Waals surface area contributed by atoms with Crippen LogP contribution in [0, 0.1) is 5.41 Å². The van der Waals surface area contributed by atoms with Crippen molar-refractivity contribution in [1.82, 2.24) is 5.32 Å². The average Bonchev–Trinajstić information content (AvgIpc) is 3.62. The number of methoxy groups -OCH3 is 1. The van der Waals surface area contributed by atoms with E-state index in [1.165, 1.54) is 0 Å². The van der Waals surface area contributed by atoms with Gasteiger partial charge in [0.05, 0.1) is 13.7 Å². The van der Waals surface area contributed by atoms with Gasteiger partial charge >= 0.3 is 6.09 Å². The van der Waals surface area contributed by atoms with E-state index in [4.69, 9.17) is 14.2 Å². The molecule has 1 saturated carbocycles. The Morgan fingerprint density at radius 3 is 2.41 bits per heavy atom. The second-order valence-electron chi connectivity index (χ2n) is 9.95. The lowest BCUT2D eigenvalue weighted by molar-refractivity contribution is 0.0980. The molecule has 0 unspecified atom stereocenters. The fourth-order valence-corrected chi connectivity index (χ4v) is 4.98. The van der Waals surface area contributed by atoms with Crippen LogP contribution in [-0.4, -0.2) is 32.2 Å². The molecule has 37 heavy (non-hydrogen) atoms. The number of benzene rings is 3. The Kier molecular flexibility index (Phi) is 7.17. The van der Waals surface area contributed by atoms with Crippen LogP contribution in [0.15, 0.2) is 60.7 Å². The van der Waals surface area contributed by atoms with Crippen molar-refractivity contribution in [3.63, 3.8) is 0 Å². The maximum atomic E-state index is 12.4. The number of nitrogens with one attached hydrogen (secondary N) is 1. The molecule has 6 nitrogen and oxygen atoms in total. The first-order valence-electron chi connectivity index (χ1n) is 13.0. The minimum atomic E-state index is -0.425. The second kappa shape index (κ2) is 10.7. The molecule has 1 amide bonds. The average molecular weight is 500 g/mol. The molecule has 2 aliphatic rings. The first kappa shape index (κ1) is 24.9. The van der Waals surface area contributed by atoms with Crippen molar-refractivity contribution in [3.05, 3.63) is 82.9 Å². The lowest BCUT2D eigenvalue weighted by Crippen LogP contribution is -2.28. The molecular formula is C31H33NO5. The molecule has 0 atom stereocenters. The summed E-state index contributed by atoms with van der Waals surface area (Å²) >= 11 is 0. The lowest BCUT2D eigenvalue weighted by atomic mass is 9.94. The van der Waals surface area contributed by atoms with Crippen molar-refractivity contribution in [2.75, 3.05) is 20.3 Å². The van der Waals surface area contributed by atoms with Crippen molar-refractivity contribution in [1.29, 1.82) is 0 Å². The number of carbonyl (C=O) groups is 2. The highest BCUT2D eigenvalue weighted by atomic mass is 16.6. The largest absolute Gasteiger partial charge is 0.493 e. The van der Waals surface area contributed by atoms with E-state index in [1.807, 2.05) is 42.5 Å². The van der Waals surface area contributed by atoms with E-state index in [-0.39, 0.29) is 11.2 Å². The molecule has 0 bridgehead atoms. The summed E-state index contributed by atoms with van der Waals surface area (Å²) in [6, 6.07) is 19.8. The molecule has 1 fully saturated rings. The summed E-state index contributed by atoms with van der Waals surface area (Å²) < 4.78 is 17.9. The van der Waals surface area contributed by atoms with Crippen molar-refractivity contribution in [3.8, 4) is 22.6 Å². The van der Waals surface area contributed by atoms with E-state index in [1.54, 1.807) is 7.11 Å². The zero-order chi connectivity index (χ0) is 25.8. The number of rotatable bonds is 10. The van der Waals surface area contributed by atoms with Gasteiger partial charge in [-0.05, 0) is 47.9 Å². The van der Waals surface area contributed by atoms with Crippen molar-refractivity contribution >= 4 is 11.9 Å². The van der Waals surface area contributed by atoms with E-state index in [2.05, 4.69) is 30.4 Å². The van der Waals surface area contributed by atoms with Crippen LogP contribution in [0.2, 0.25) is 0 Å². The summed E-state index contributed by atoms with van der Waals surface area (Å²) in [5, 5.41) is 2.81. The topological polar surface area (TPSA) is 73.9 Å². The number of fused-ring (bicyclic) bond motifs is 1. The van der Waals surface area contributed by atoms with Crippen molar-refractivity contribution in [2.45, 2.75) is 45.6 Å². The van der Waals surface area contributed by atoms with Crippen LogP contribution < -0.4 is 14.8 Å². The molecule has 0 aliphatic heterocycles. The number of hydrogen-bond donors (Lipinski definition) is 1. The van der Waals surface area contributed by atoms with E-state index >= 15 is 0 Å². The summed E-state index contributed by atoms with van der Waals surface area (Å²) in [6.45, 7) is 3.24. The number of hydrogen-bond acceptors (Lipinski definition) is 5. The van der Waals surface area contributed by atoms with Gasteiger partial charge in [0.1, 0.15) is 6.61 Å². The highest BCUT2D eigenvalue weighted by molar-refractivity contribution is 6.02. The lowest BCUT2D eigenvalue weighted by Gasteiger charge is -2.22. The van der Waals surface area contributed by atoms with Crippen LogP contribution in [0.25, 0.3) is 11.1 Å². The Bertz CT molecular complexity index is 1300. The summed E-state index contributed by atoms with van der Waals surface area (Å²) in [6.07, 6.45) is 3.52. The first-order chi connectivity index (χ1) is 18.0. The molecule has 0 radical (unpaired) electrons. The molecule has 0 heterocycles. The highest BCUT2D eigenvalue weighted by Crippen LogP contribution is 2.49. The van der Waals surface area contributed by atoms with Crippen LogP contribution in [0.4, 0.5) is 4.79 Å². The minimum absolute atomic E-state index is 0.191. The predicted octanol–water partition coefficient (Wildman–Crippen LogP) is 6.14. The monoisotopic (exact) mass is 499 g/mol. The third kappa shape index (κ3) is 5.33. The summed E-state index contributed by atoms with van der Waals surface area (Å²) in [5.41, 5.74) is 5.69. The SMILES string of the molecule is CCc1ccc(-c2cccc3c2CCC3=O)c(OCC2(COC(=O)NCc3ccccc3)CC2)c1OC. The molecule has 6 heteroatoms. The fraction of sp³-hybridized carbons (Fsp3) is 0.355. The smallest absolute Gasteiger partial charge is 0.407 e. The third-order valence-electron chi connectivity index (χ3n) is 7.42. The number of aryl methyl sites for hydroxylation is 1. The highest BCUT2D eigenvalue weighted by Gasteiger charge is 2.45. The summed E-state index contributed by atoms with van der Waals surface area (Å²) in [5.74, 6) is 1.60. The normalized spacial score (nSPS) is 15.1. The molecular weight excluding hydrogens is 466 g/mol. The molecule has 0 saturated heterocycles. The zero-order valence-corrected chi connectivity index (χ0v) is 21.5. The van der Waals surface area contributed by atoms with E-state index in [9.17, 15) is 9.59 Å². The quantitative estimate of drug-likeness (QED) is 0.363. The van der Waals surface area contributed by atoms with Gasteiger partial charge in [-0.15, -0.1) is 0 Å². The zero-order valence-electron chi connectivity index (χ0n) is 21.5. The Hall–Kier alpha value is -3.80. The van der Waals surface area contributed by atoms with Crippen LogP contribution >= 0.6 is 0 Å². The number of ketones is 1. The fourth-order valence-electron chi connectivity index (χ4n) is 4.98. The van der Waals surface area contributed by atoms with Gasteiger partial charge in [0.2, 0.25) is 0 Å². The Morgan fingerprint density at radius 2 is 1.68 bits per heavy atom. The van der Waals surface area contributed by atoms with Crippen molar-refractivity contribution in [2.24, 2.45) is 5.41 Å². The number of amides is 1. The summed E-state index contributed by atoms with van der Waals surface area (Å²) in [7, 11) is 1.66. The molecule has 3 aromatic rings. The van der Waals surface area contributed by atoms with Gasteiger partial charge in [-0.3, -0.25) is 4.79 Å². The van der Waals surface area contributed by atoms with Gasteiger partial charge in [0.15, 0.2) is 17.3 Å². The molecule has 0 aromatic heterocycles. The van der Waals surface area contributed by atoms with Gasteiger partial charge in [-0.1, -0.05) is 67.6 Å². The molecule has 0 spiro atoms. The van der Waals surface area contributed by atoms with Gasteiger partial charge in [0.25, 0.3) is 0 Å². The van der Waals surface area contributed by atoms with Gasteiger partial charge in [-0.2, -0.15) is 0 Å². The van der Waals surface area contributed by atoms with Crippen LogP contribution in [0.5, 0.6) is 11.5 Å². The van der Waals surface area contributed by atoms with Gasteiger partial charge < -0.3 is 19.5 Å². The Labute approximate surface area is 217 Å². The number of ether oxygens (including phenoxy) is 3. The molecule has 1 N–H and O–H groups in total. The number of carbonyl (C=O) groups excluding carboxylic acids is 2. The molecule has 3 aromatic carbocycles. The van der Waals surface area contributed by atoms with Gasteiger partial charge in [0, 0.05) is 29.5 Å². The number of alkyl carbamates (subject to hydrolysis) is 1. The van der Waals surface area contributed by atoms with Crippen LogP contribution in [0.1, 0.15) is 53.2 Å². The third-order valence-corrected chi connectivity index (χ3v) is 7.42. The van der Waals surface area contributed by atoms with E-state index in [0.29, 0.717) is 31.9 Å². The second-order valence-corrected chi connectivity index (χ2v) is 9.95. The van der Waals surface area contributed by atoms with Crippen LogP contribution in [0.3, 0.4) is 0 Å². The molecule has 5 rings (SSSR count). The van der Waals surface area contributed by atoms with Gasteiger partial charge in [-0.25, -0.2) is 4.79 Å². The van der Waals surface area contributed by atoms with Crippen molar-refractivity contribution < 1.29 is 23.8 Å². The minimum Gasteiger partial charge on any atom is -0.493 e. The molecule has 2 aliphatic carbocycles. The Balaban J connectivity index is 1.31. The van der Waals surface area contributed by atoms with E-state index in [0.717, 1.165) is 64.8 Å². The molecule has 192 valence electrons. The Morgan fingerprint density at radius 1 is 0.892 bits per heavy atom. The maximum absolute atomic E-state index is 12.4. The standard InChI is InChI=1S/C31H33NO5/c1-3-22-12-13-26(23-10-7-11-25-24(23)14-15-27(25)33)29(28(22)35-2)36-19-31(16-17-31)20-37-30(34)32-18-21-8-5-4-6-9-21/h4-13H,3,14-20H2,1-2H3,(H,32,34). The first-order valence-corrected chi connectivity index (χ1v) is 13.0.